The predicted octanol–water partition coefficient (Wildman–Crippen LogP) is 4.10. The van der Waals surface area contributed by atoms with Crippen molar-refractivity contribution in [2.75, 3.05) is 0 Å². The van der Waals surface area contributed by atoms with Gasteiger partial charge in [-0.15, -0.1) is 0 Å². The van der Waals surface area contributed by atoms with E-state index in [1.165, 1.54) is 24.8 Å². The zero-order valence-corrected chi connectivity index (χ0v) is 9.99. The van der Waals surface area contributed by atoms with Crippen LogP contribution in [-0.4, -0.2) is 5.78 Å². The van der Waals surface area contributed by atoms with E-state index in [9.17, 15) is 4.79 Å². The lowest BCUT2D eigenvalue weighted by molar-refractivity contribution is 0.104. The SMILES string of the molecule is CC(C)=CC(=O)c1ccc(C2CCC2)cc1. The van der Waals surface area contributed by atoms with Gasteiger partial charge in [-0.25, -0.2) is 0 Å². The van der Waals surface area contributed by atoms with Crippen LogP contribution >= 0.6 is 0 Å². The van der Waals surface area contributed by atoms with Crippen LogP contribution < -0.4 is 0 Å². The van der Waals surface area contributed by atoms with Crippen LogP contribution in [-0.2, 0) is 0 Å². The number of hydrogen-bond donors (Lipinski definition) is 0. The first kappa shape index (κ1) is 11.1. The first-order chi connectivity index (χ1) is 7.66. The van der Waals surface area contributed by atoms with Crippen molar-refractivity contribution in [3.05, 3.63) is 47.0 Å². The molecule has 0 N–H and O–H groups in total. The molecule has 1 aromatic carbocycles. The maximum atomic E-state index is 11.7. The second-order valence-electron chi connectivity index (χ2n) is 4.84. The maximum absolute atomic E-state index is 11.7. The van der Waals surface area contributed by atoms with E-state index in [1.807, 2.05) is 26.0 Å². The third-order valence-corrected chi connectivity index (χ3v) is 3.19. The number of ketones is 1. The topological polar surface area (TPSA) is 17.1 Å². The summed E-state index contributed by atoms with van der Waals surface area (Å²) in [5.41, 5.74) is 3.23. The summed E-state index contributed by atoms with van der Waals surface area (Å²) < 4.78 is 0. The summed E-state index contributed by atoms with van der Waals surface area (Å²) in [5.74, 6) is 0.854. The standard InChI is InChI=1S/C15H18O/c1-11(2)10-15(16)14-8-6-13(7-9-14)12-4-3-5-12/h6-10,12H,3-5H2,1-2H3. The molecule has 0 saturated heterocycles. The van der Waals surface area contributed by atoms with E-state index in [0.29, 0.717) is 0 Å². The summed E-state index contributed by atoms with van der Waals surface area (Å²) >= 11 is 0. The maximum Gasteiger partial charge on any atom is 0.185 e. The summed E-state index contributed by atoms with van der Waals surface area (Å²) in [7, 11) is 0. The molecule has 0 aliphatic heterocycles. The Bertz CT molecular complexity index is 404. The van der Waals surface area contributed by atoms with Crippen LogP contribution in [0, 0.1) is 0 Å². The Hall–Kier alpha value is -1.37. The summed E-state index contributed by atoms with van der Waals surface area (Å²) in [6.07, 6.45) is 5.66. The molecule has 2 rings (SSSR count). The summed E-state index contributed by atoms with van der Waals surface area (Å²) in [6.45, 7) is 3.89. The summed E-state index contributed by atoms with van der Waals surface area (Å²) in [4.78, 5) is 11.7. The van der Waals surface area contributed by atoms with Gasteiger partial charge in [-0.3, -0.25) is 4.79 Å². The fraction of sp³-hybridized carbons (Fsp3) is 0.400. The number of carbonyl (C=O) groups excluding carboxylic acids is 1. The van der Waals surface area contributed by atoms with Crippen LogP contribution in [0.2, 0.25) is 0 Å². The normalized spacial score (nSPS) is 15.4. The van der Waals surface area contributed by atoms with Gasteiger partial charge in [0.05, 0.1) is 0 Å². The Morgan fingerprint density at radius 3 is 2.25 bits per heavy atom. The lowest BCUT2D eigenvalue weighted by atomic mass is 9.80. The van der Waals surface area contributed by atoms with E-state index < -0.39 is 0 Å². The highest BCUT2D eigenvalue weighted by molar-refractivity contribution is 6.04. The molecule has 0 heterocycles. The van der Waals surface area contributed by atoms with Crippen molar-refractivity contribution in [1.82, 2.24) is 0 Å². The van der Waals surface area contributed by atoms with Gasteiger partial charge < -0.3 is 0 Å². The quantitative estimate of drug-likeness (QED) is 0.547. The Morgan fingerprint density at radius 1 is 1.19 bits per heavy atom. The van der Waals surface area contributed by atoms with Gasteiger partial charge in [-0.2, -0.15) is 0 Å². The Kier molecular flexibility index (Phi) is 3.23. The van der Waals surface area contributed by atoms with Gasteiger partial charge in [0, 0.05) is 5.56 Å². The molecule has 1 aromatic rings. The number of hydrogen-bond acceptors (Lipinski definition) is 1. The highest BCUT2D eigenvalue weighted by atomic mass is 16.1. The van der Waals surface area contributed by atoms with Crippen LogP contribution in [0.15, 0.2) is 35.9 Å². The molecule has 16 heavy (non-hydrogen) atoms. The average Bonchev–Trinajstić information content (AvgIpc) is 2.15. The van der Waals surface area contributed by atoms with Crippen LogP contribution in [0.4, 0.5) is 0 Å². The molecule has 1 saturated carbocycles. The van der Waals surface area contributed by atoms with Crippen molar-refractivity contribution in [3.63, 3.8) is 0 Å². The molecule has 1 heteroatoms. The molecular weight excluding hydrogens is 196 g/mol. The van der Waals surface area contributed by atoms with Crippen LogP contribution in [0.3, 0.4) is 0 Å². The van der Waals surface area contributed by atoms with E-state index in [1.54, 1.807) is 6.08 Å². The van der Waals surface area contributed by atoms with E-state index in [4.69, 9.17) is 0 Å². The fourth-order valence-electron chi connectivity index (χ4n) is 2.01. The van der Waals surface area contributed by atoms with Crippen molar-refractivity contribution >= 4 is 5.78 Å². The van der Waals surface area contributed by atoms with E-state index in [0.717, 1.165) is 17.1 Å². The fourth-order valence-corrected chi connectivity index (χ4v) is 2.01. The van der Waals surface area contributed by atoms with E-state index in [-0.39, 0.29) is 5.78 Å². The minimum atomic E-state index is 0.111. The number of rotatable bonds is 3. The monoisotopic (exact) mass is 214 g/mol. The van der Waals surface area contributed by atoms with Crippen molar-refractivity contribution < 1.29 is 4.79 Å². The first-order valence-electron chi connectivity index (χ1n) is 5.96. The molecule has 1 fully saturated rings. The lowest BCUT2D eigenvalue weighted by Gasteiger charge is -2.25. The van der Waals surface area contributed by atoms with Gasteiger partial charge in [-0.05, 0) is 44.2 Å². The zero-order valence-electron chi connectivity index (χ0n) is 9.99. The minimum Gasteiger partial charge on any atom is -0.289 e. The van der Waals surface area contributed by atoms with Crippen LogP contribution in [0.5, 0.6) is 0 Å². The molecule has 0 radical (unpaired) electrons. The third-order valence-electron chi connectivity index (χ3n) is 3.19. The van der Waals surface area contributed by atoms with Crippen molar-refractivity contribution in [1.29, 1.82) is 0 Å². The van der Waals surface area contributed by atoms with Crippen molar-refractivity contribution in [2.45, 2.75) is 39.0 Å². The Morgan fingerprint density at radius 2 is 1.81 bits per heavy atom. The zero-order chi connectivity index (χ0) is 11.5. The predicted molar refractivity (Wildman–Crippen MR) is 66.8 cm³/mol. The molecule has 0 aromatic heterocycles. The number of allylic oxidation sites excluding steroid dienone is 2. The largest absolute Gasteiger partial charge is 0.289 e. The molecule has 1 nitrogen and oxygen atoms in total. The molecule has 1 aliphatic carbocycles. The first-order valence-corrected chi connectivity index (χ1v) is 5.96. The number of carbonyl (C=O) groups is 1. The molecule has 0 bridgehead atoms. The molecule has 0 amide bonds. The summed E-state index contributed by atoms with van der Waals surface area (Å²) in [6, 6.07) is 8.12. The van der Waals surface area contributed by atoms with Gasteiger partial charge in [-0.1, -0.05) is 36.3 Å². The number of benzene rings is 1. The highest BCUT2D eigenvalue weighted by Crippen LogP contribution is 2.36. The third kappa shape index (κ3) is 2.41. The van der Waals surface area contributed by atoms with Crippen molar-refractivity contribution in [2.24, 2.45) is 0 Å². The lowest BCUT2D eigenvalue weighted by Crippen LogP contribution is -2.08. The molecular formula is C15H18O. The minimum absolute atomic E-state index is 0.111. The second-order valence-corrected chi connectivity index (χ2v) is 4.84. The van der Waals surface area contributed by atoms with Crippen LogP contribution in [0.25, 0.3) is 0 Å². The molecule has 0 spiro atoms. The van der Waals surface area contributed by atoms with Crippen LogP contribution in [0.1, 0.15) is 54.9 Å². The molecule has 0 unspecified atom stereocenters. The van der Waals surface area contributed by atoms with Gasteiger partial charge in [0.25, 0.3) is 0 Å². The van der Waals surface area contributed by atoms with Crippen molar-refractivity contribution in [3.8, 4) is 0 Å². The van der Waals surface area contributed by atoms with Gasteiger partial charge in [0.2, 0.25) is 0 Å². The second kappa shape index (κ2) is 4.65. The smallest absolute Gasteiger partial charge is 0.185 e. The van der Waals surface area contributed by atoms with E-state index >= 15 is 0 Å². The Balaban J connectivity index is 2.12. The van der Waals surface area contributed by atoms with Gasteiger partial charge in [0.15, 0.2) is 5.78 Å². The Labute approximate surface area is 97.2 Å². The molecule has 1 aliphatic rings. The average molecular weight is 214 g/mol. The van der Waals surface area contributed by atoms with Gasteiger partial charge in [0.1, 0.15) is 0 Å². The molecule has 84 valence electrons. The molecule has 0 atom stereocenters. The highest BCUT2D eigenvalue weighted by Gasteiger charge is 2.19. The van der Waals surface area contributed by atoms with Gasteiger partial charge >= 0.3 is 0 Å². The summed E-state index contributed by atoms with van der Waals surface area (Å²) in [5, 5.41) is 0. The van der Waals surface area contributed by atoms with E-state index in [2.05, 4.69) is 12.1 Å².